The zero-order valence-electron chi connectivity index (χ0n) is 39.3. The van der Waals surface area contributed by atoms with Crippen LogP contribution in [0, 0.1) is 0 Å². The number of aromatic nitrogens is 2. The summed E-state index contributed by atoms with van der Waals surface area (Å²) in [6.07, 6.45) is -3.90. The molecule has 2 amide bonds. The summed E-state index contributed by atoms with van der Waals surface area (Å²) in [5.74, 6) is -6.75. The van der Waals surface area contributed by atoms with Crippen molar-refractivity contribution in [1.29, 1.82) is 0 Å². The lowest BCUT2D eigenvalue weighted by Gasteiger charge is -2.49. The monoisotopic (exact) mass is 1120 g/mol. The number of esters is 1. The van der Waals surface area contributed by atoms with Crippen LogP contribution in [-0.4, -0.2) is 100 Å². The van der Waals surface area contributed by atoms with Crippen LogP contribution in [0.25, 0.3) is 0 Å². The van der Waals surface area contributed by atoms with Crippen LogP contribution < -0.4 is 16.2 Å². The van der Waals surface area contributed by atoms with E-state index >= 15 is 0 Å². The molecule has 3 atom stereocenters. The van der Waals surface area contributed by atoms with Crippen molar-refractivity contribution in [3.05, 3.63) is 218 Å². The summed E-state index contributed by atoms with van der Waals surface area (Å²) in [7, 11) is 0. The Bertz CT molecular complexity index is 3210. The number of benzene rings is 5. The Morgan fingerprint density at radius 2 is 1.37 bits per heavy atom. The van der Waals surface area contributed by atoms with Crippen molar-refractivity contribution in [2.45, 2.75) is 39.1 Å². The minimum Gasteiger partial charge on any atom is -0.477 e. The van der Waals surface area contributed by atoms with Crippen molar-refractivity contribution >= 4 is 98.7 Å². The molecule has 4 heterocycles. The SMILES string of the molecule is O=C(O)C1=C(CSc2s[nH]c(=O)c2C(=O)O)CSC2C(NC(=O)/C(=N\OC(SCC(F)F)C(=O)OC(c3ccccc3)c3ccccc3)c3csc(NC(c4ccccc4)(c4ccccc4)c4ccccc4)n3)C(=O)N12. The van der Waals surface area contributed by atoms with E-state index in [0.717, 1.165) is 68.0 Å². The van der Waals surface area contributed by atoms with Crippen LogP contribution in [0.1, 0.15) is 50.0 Å². The van der Waals surface area contributed by atoms with Gasteiger partial charge in [-0.15, -0.1) is 34.9 Å². The molecular formula is C53H42F2N6O10S5. The number of aromatic carboxylic acids is 1. The Balaban J connectivity index is 1.06. The molecule has 0 spiro atoms. The maximum atomic E-state index is 14.7. The number of alkyl halides is 2. The van der Waals surface area contributed by atoms with Gasteiger partial charge in [0.1, 0.15) is 28.3 Å². The Morgan fingerprint density at radius 3 is 1.89 bits per heavy atom. The molecule has 76 heavy (non-hydrogen) atoms. The summed E-state index contributed by atoms with van der Waals surface area (Å²) >= 11 is 4.34. The van der Waals surface area contributed by atoms with E-state index in [1.807, 2.05) is 91.0 Å². The van der Waals surface area contributed by atoms with Gasteiger partial charge in [-0.1, -0.05) is 180 Å². The topological polar surface area (TPSA) is 230 Å². The highest BCUT2D eigenvalue weighted by molar-refractivity contribution is 8.02. The fourth-order valence-corrected chi connectivity index (χ4v) is 13.3. The number of oxime groups is 1. The number of thiazole rings is 1. The molecule has 2 aliphatic rings. The molecule has 0 bridgehead atoms. The van der Waals surface area contributed by atoms with E-state index in [2.05, 4.69) is 20.2 Å². The van der Waals surface area contributed by atoms with Gasteiger partial charge in [0.2, 0.25) is 6.43 Å². The number of aromatic amines is 1. The number of H-pyrrole nitrogens is 1. The number of aliphatic carboxylic acids is 1. The molecule has 16 nitrogen and oxygen atoms in total. The van der Waals surface area contributed by atoms with E-state index in [1.54, 1.807) is 60.7 Å². The van der Waals surface area contributed by atoms with Gasteiger partial charge in [-0.3, -0.25) is 23.7 Å². The first kappa shape index (κ1) is 53.3. The van der Waals surface area contributed by atoms with Gasteiger partial charge in [-0.25, -0.2) is 28.1 Å². The molecule has 9 rings (SSSR count). The van der Waals surface area contributed by atoms with Crippen LogP contribution in [0.4, 0.5) is 13.9 Å². The van der Waals surface area contributed by atoms with Gasteiger partial charge in [-0.2, -0.15) is 0 Å². The zero-order valence-corrected chi connectivity index (χ0v) is 43.4. The van der Waals surface area contributed by atoms with Gasteiger partial charge in [-0.05, 0) is 33.4 Å². The molecule has 23 heteroatoms. The van der Waals surface area contributed by atoms with Crippen molar-refractivity contribution < 1.29 is 52.5 Å². The summed E-state index contributed by atoms with van der Waals surface area (Å²) in [5.41, 5.74) is -1.34. The minimum atomic E-state index is -2.90. The molecule has 0 radical (unpaired) electrons. The van der Waals surface area contributed by atoms with E-state index in [1.165, 1.54) is 5.38 Å². The standard InChI is InChI=1S/C53H42F2N6O10S5/c54-37(55)29-73-50(49(69)70-42(30-16-6-1-7-17-30)31-18-8-2-9-19-31)71-59-39(36-28-75-52(56-36)58-53(33-20-10-3-11-21-33,34-22-12-4-13-23-34)35-24-14-5-15-25-35)44(63)57-40-45(64)61-41(48(67)68)32(26-72-46(40)61)27-74-51-38(47(65)66)43(62)60-76-51/h1-25,28,37,40,42,46,50H,26-27,29H2,(H,56,58)(H,57,63)(H,60,62)(H,65,66)(H,67,68)/b59-39-. The maximum Gasteiger partial charge on any atom is 0.362 e. The van der Waals surface area contributed by atoms with Crippen molar-refractivity contribution in [3.8, 4) is 0 Å². The Morgan fingerprint density at radius 1 is 0.816 bits per heavy atom. The van der Waals surface area contributed by atoms with Gasteiger partial charge < -0.3 is 30.4 Å². The molecular weight excluding hydrogens is 1080 g/mol. The number of β-lactam (4-membered cyclic amide) rings is 1. The first-order valence-electron chi connectivity index (χ1n) is 23.0. The maximum absolute atomic E-state index is 14.7. The van der Waals surface area contributed by atoms with Crippen molar-refractivity contribution in [1.82, 2.24) is 19.6 Å². The first-order valence-corrected chi connectivity index (χ1v) is 27.7. The minimum absolute atomic E-state index is 0.0481. The summed E-state index contributed by atoms with van der Waals surface area (Å²) in [6.45, 7) is 0. The lowest BCUT2D eigenvalue weighted by Crippen LogP contribution is -2.71. The van der Waals surface area contributed by atoms with Crippen LogP contribution in [-0.2, 0) is 34.3 Å². The molecule has 3 unspecified atom stereocenters. The van der Waals surface area contributed by atoms with E-state index in [0.29, 0.717) is 22.9 Å². The Hall–Kier alpha value is -7.57. The van der Waals surface area contributed by atoms with Crippen molar-refractivity contribution in [2.24, 2.45) is 5.16 Å². The second kappa shape index (κ2) is 24.0. The number of halogens is 2. The second-order valence-electron chi connectivity index (χ2n) is 16.7. The predicted molar refractivity (Wildman–Crippen MR) is 288 cm³/mol. The quantitative estimate of drug-likeness (QED) is 0.00812. The number of amides is 2. The van der Waals surface area contributed by atoms with E-state index in [9.17, 15) is 47.8 Å². The fraction of sp³-hybridized carbons (Fsp3) is 0.170. The number of ether oxygens (including phenoxy) is 1. The number of carboxylic acids is 2. The zero-order chi connectivity index (χ0) is 53.3. The number of carbonyl (C=O) groups excluding carboxylic acids is 3. The van der Waals surface area contributed by atoms with Gasteiger partial charge in [0.25, 0.3) is 22.8 Å². The molecule has 0 saturated carbocycles. The third-order valence-corrected chi connectivity index (χ3v) is 17.3. The van der Waals surface area contributed by atoms with E-state index < -0.39 is 87.2 Å². The van der Waals surface area contributed by atoms with Crippen LogP contribution in [0.2, 0.25) is 0 Å². The molecule has 2 aromatic heterocycles. The number of nitrogens with one attached hydrogen (secondary N) is 3. The highest BCUT2D eigenvalue weighted by atomic mass is 32.2. The lowest BCUT2D eigenvalue weighted by molar-refractivity contribution is -0.155. The second-order valence-corrected chi connectivity index (χ2v) is 21.8. The average Bonchev–Trinajstić information content (AvgIpc) is 4.08. The van der Waals surface area contributed by atoms with Gasteiger partial charge in [0.05, 0.1) is 9.96 Å². The van der Waals surface area contributed by atoms with E-state index in [-0.39, 0.29) is 37.8 Å². The Kier molecular flexibility index (Phi) is 16.8. The fourth-order valence-electron chi connectivity index (χ4n) is 8.47. The summed E-state index contributed by atoms with van der Waals surface area (Å²) in [5, 5.41) is 31.2. The molecule has 0 aliphatic carbocycles. The van der Waals surface area contributed by atoms with E-state index in [4.69, 9.17) is 14.6 Å². The molecule has 7 aromatic rings. The smallest absolute Gasteiger partial charge is 0.362 e. The first-order chi connectivity index (χ1) is 36.8. The number of nitrogens with zero attached hydrogens (tertiary/aromatic N) is 3. The highest BCUT2D eigenvalue weighted by Crippen LogP contribution is 2.43. The van der Waals surface area contributed by atoms with Gasteiger partial charge in [0, 0.05) is 16.9 Å². The average molecular weight is 1120 g/mol. The lowest BCUT2D eigenvalue weighted by atomic mass is 9.77. The molecule has 5 aromatic carbocycles. The van der Waals surface area contributed by atoms with Gasteiger partial charge in [0.15, 0.2) is 22.5 Å². The molecule has 1 saturated heterocycles. The molecule has 5 N–H and O–H groups in total. The number of hydrogen-bond donors (Lipinski definition) is 5. The summed E-state index contributed by atoms with van der Waals surface area (Å²) < 4.78 is 36.3. The van der Waals surface area contributed by atoms with Crippen molar-refractivity contribution in [3.63, 3.8) is 0 Å². The number of carboxylic acid groups (broad SMARTS) is 2. The number of thioether (sulfide) groups is 3. The molecule has 2 aliphatic heterocycles. The van der Waals surface area contributed by atoms with Gasteiger partial charge >= 0.3 is 17.9 Å². The van der Waals surface area contributed by atoms with Crippen LogP contribution in [0.3, 0.4) is 0 Å². The summed E-state index contributed by atoms with van der Waals surface area (Å²) in [4.78, 5) is 91.2. The van der Waals surface area contributed by atoms with Crippen LogP contribution in [0.15, 0.2) is 182 Å². The summed E-state index contributed by atoms with van der Waals surface area (Å²) in [6, 6.07) is 45.0. The Labute approximate surface area is 452 Å². The number of rotatable bonds is 22. The number of hydrogen-bond acceptors (Lipinski definition) is 16. The third-order valence-electron chi connectivity index (χ3n) is 11.9. The largest absolute Gasteiger partial charge is 0.477 e. The number of anilines is 1. The molecule has 1 fully saturated rings. The molecule has 388 valence electrons. The van der Waals surface area contributed by atoms with Crippen LogP contribution >= 0.6 is 58.2 Å². The highest BCUT2D eigenvalue weighted by Gasteiger charge is 2.54. The normalized spacial score (nSPS) is 15.9. The number of carbonyl (C=O) groups is 5. The third kappa shape index (κ3) is 11.5. The van der Waals surface area contributed by atoms with Crippen molar-refractivity contribution in [2.75, 3.05) is 22.6 Å². The number of fused-ring (bicyclic) bond motifs is 1. The van der Waals surface area contributed by atoms with Crippen LogP contribution in [0.5, 0.6) is 0 Å². The predicted octanol–water partition coefficient (Wildman–Crippen LogP) is 8.90.